The molecule has 0 saturated carbocycles. The normalized spacial score (nSPS) is 12.5. The van der Waals surface area contributed by atoms with E-state index in [1.54, 1.807) is 0 Å². The summed E-state index contributed by atoms with van der Waals surface area (Å²) in [5, 5.41) is 6.89. The van der Waals surface area contributed by atoms with Crippen LogP contribution in [-0.2, 0) is 6.42 Å². The Bertz CT molecular complexity index is 324. The van der Waals surface area contributed by atoms with Crippen molar-refractivity contribution in [3.8, 4) is 0 Å². The molecule has 1 aromatic rings. The Balaban J connectivity index is 2.68. The first kappa shape index (κ1) is 12.1. The molecule has 1 rings (SSSR count). The molecule has 1 amide bonds. The Labute approximate surface area is 94.3 Å². The van der Waals surface area contributed by atoms with Crippen LogP contribution in [0.25, 0.3) is 0 Å². The molecule has 0 aliphatic heterocycles. The molecule has 0 aliphatic carbocycles. The number of carbonyl (C=O) groups is 1. The molecule has 15 heavy (non-hydrogen) atoms. The van der Waals surface area contributed by atoms with E-state index in [1.165, 1.54) is 11.5 Å². The third-order valence-corrected chi connectivity index (χ3v) is 3.01. The van der Waals surface area contributed by atoms with E-state index in [1.807, 2.05) is 13.8 Å². The van der Waals surface area contributed by atoms with E-state index in [0.29, 0.717) is 4.88 Å². The van der Waals surface area contributed by atoms with Crippen LogP contribution in [-0.4, -0.2) is 21.5 Å². The topological polar surface area (TPSA) is 54.9 Å². The second kappa shape index (κ2) is 5.80. The molecule has 4 nitrogen and oxygen atoms in total. The van der Waals surface area contributed by atoms with Crippen LogP contribution >= 0.6 is 11.5 Å². The minimum absolute atomic E-state index is 0.0391. The number of nitrogens with zero attached hydrogens (tertiary/aromatic N) is 2. The third kappa shape index (κ3) is 3.27. The molecule has 1 heterocycles. The zero-order chi connectivity index (χ0) is 11.3. The summed E-state index contributed by atoms with van der Waals surface area (Å²) in [5.74, 6) is -0.0391. The number of nitrogens with one attached hydrogen (secondary N) is 1. The van der Waals surface area contributed by atoms with Gasteiger partial charge in [-0.3, -0.25) is 4.79 Å². The highest BCUT2D eigenvalue weighted by atomic mass is 32.1. The first-order valence-electron chi connectivity index (χ1n) is 5.31. The average Bonchev–Trinajstić information content (AvgIpc) is 2.66. The largest absolute Gasteiger partial charge is 0.349 e. The number of aryl methyl sites for hydroxylation is 1. The second-order valence-electron chi connectivity index (χ2n) is 3.58. The molecule has 0 fully saturated rings. The van der Waals surface area contributed by atoms with Gasteiger partial charge in [-0.05, 0) is 31.3 Å². The van der Waals surface area contributed by atoms with Crippen LogP contribution in [0.15, 0.2) is 0 Å². The van der Waals surface area contributed by atoms with Gasteiger partial charge in [-0.1, -0.05) is 24.8 Å². The van der Waals surface area contributed by atoms with Crippen molar-refractivity contribution in [2.75, 3.05) is 0 Å². The van der Waals surface area contributed by atoms with Crippen LogP contribution in [0, 0.1) is 0 Å². The van der Waals surface area contributed by atoms with Crippen molar-refractivity contribution in [3.05, 3.63) is 10.6 Å². The van der Waals surface area contributed by atoms with Crippen molar-refractivity contribution in [2.24, 2.45) is 0 Å². The van der Waals surface area contributed by atoms with Gasteiger partial charge in [-0.25, -0.2) is 0 Å². The molecule has 1 aromatic heterocycles. The van der Waals surface area contributed by atoms with Crippen LogP contribution in [0.4, 0.5) is 0 Å². The van der Waals surface area contributed by atoms with Gasteiger partial charge in [0, 0.05) is 6.04 Å². The van der Waals surface area contributed by atoms with Crippen LogP contribution in [0.2, 0.25) is 0 Å². The van der Waals surface area contributed by atoms with Crippen molar-refractivity contribution in [3.63, 3.8) is 0 Å². The molecule has 0 aliphatic rings. The minimum atomic E-state index is -0.0391. The highest BCUT2D eigenvalue weighted by Gasteiger charge is 2.16. The zero-order valence-corrected chi connectivity index (χ0v) is 10.2. The highest BCUT2D eigenvalue weighted by molar-refractivity contribution is 7.08. The Hall–Kier alpha value is -0.970. The smallest absolute Gasteiger partial charge is 0.265 e. The van der Waals surface area contributed by atoms with E-state index < -0.39 is 0 Å². The summed E-state index contributed by atoms with van der Waals surface area (Å²) in [6.45, 7) is 6.10. The van der Waals surface area contributed by atoms with Crippen LogP contribution < -0.4 is 5.32 Å². The van der Waals surface area contributed by atoms with Gasteiger partial charge in [-0.15, -0.1) is 5.10 Å². The summed E-state index contributed by atoms with van der Waals surface area (Å²) in [6.07, 6.45) is 2.73. The standard InChI is InChI=1S/C10H17N3OS/c1-4-6-8-9(15-13-12-8)10(14)11-7(3)5-2/h7H,4-6H2,1-3H3,(H,11,14). The van der Waals surface area contributed by atoms with Gasteiger partial charge < -0.3 is 5.32 Å². The molecule has 0 spiro atoms. The van der Waals surface area contributed by atoms with Crippen molar-refractivity contribution in [1.82, 2.24) is 14.9 Å². The number of hydrogen-bond acceptors (Lipinski definition) is 4. The highest BCUT2D eigenvalue weighted by Crippen LogP contribution is 2.12. The molecule has 0 aromatic carbocycles. The van der Waals surface area contributed by atoms with Crippen molar-refractivity contribution >= 4 is 17.4 Å². The SMILES string of the molecule is CCCc1nnsc1C(=O)NC(C)CC. The van der Waals surface area contributed by atoms with E-state index in [2.05, 4.69) is 21.8 Å². The molecule has 0 radical (unpaired) electrons. The maximum atomic E-state index is 11.8. The van der Waals surface area contributed by atoms with Gasteiger partial charge in [0.05, 0.1) is 5.69 Å². The van der Waals surface area contributed by atoms with Gasteiger partial charge in [0.1, 0.15) is 4.88 Å². The van der Waals surface area contributed by atoms with E-state index in [4.69, 9.17) is 0 Å². The van der Waals surface area contributed by atoms with Crippen molar-refractivity contribution in [2.45, 2.75) is 46.1 Å². The Morgan fingerprint density at radius 3 is 2.87 bits per heavy atom. The third-order valence-electron chi connectivity index (χ3n) is 2.24. The quantitative estimate of drug-likeness (QED) is 0.837. The summed E-state index contributed by atoms with van der Waals surface area (Å²) < 4.78 is 3.83. The van der Waals surface area contributed by atoms with Gasteiger partial charge in [0.2, 0.25) is 0 Å². The Kier molecular flexibility index (Phi) is 4.68. The van der Waals surface area contributed by atoms with E-state index in [-0.39, 0.29) is 11.9 Å². The number of carbonyl (C=O) groups excluding carboxylic acids is 1. The molecular formula is C10H17N3OS. The summed E-state index contributed by atoms with van der Waals surface area (Å²) in [4.78, 5) is 12.5. The number of amides is 1. The maximum absolute atomic E-state index is 11.8. The number of hydrogen-bond donors (Lipinski definition) is 1. The lowest BCUT2D eigenvalue weighted by atomic mass is 10.2. The van der Waals surface area contributed by atoms with Crippen molar-refractivity contribution in [1.29, 1.82) is 0 Å². The fourth-order valence-electron chi connectivity index (χ4n) is 1.17. The average molecular weight is 227 g/mol. The molecule has 0 bridgehead atoms. The van der Waals surface area contributed by atoms with E-state index in [9.17, 15) is 4.79 Å². The van der Waals surface area contributed by atoms with Crippen molar-refractivity contribution < 1.29 is 4.79 Å². The lowest BCUT2D eigenvalue weighted by Crippen LogP contribution is -2.31. The first-order chi connectivity index (χ1) is 7.19. The molecule has 0 saturated heterocycles. The first-order valence-corrected chi connectivity index (χ1v) is 6.08. The molecular weight excluding hydrogens is 210 g/mol. The Morgan fingerprint density at radius 1 is 1.53 bits per heavy atom. The van der Waals surface area contributed by atoms with Gasteiger partial charge in [-0.2, -0.15) is 0 Å². The summed E-state index contributed by atoms with van der Waals surface area (Å²) >= 11 is 1.18. The molecule has 5 heteroatoms. The summed E-state index contributed by atoms with van der Waals surface area (Å²) in [6, 6.07) is 0.203. The van der Waals surface area contributed by atoms with Gasteiger partial charge in [0.25, 0.3) is 5.91 Å². The fourth-order valence-corrected chi connectivity index (χ4v) is 1.78. The molecule has 84 valence electrons. The minimum Gasteiger partial charge on any atom is -0.349 e. The monoisotopic (exact) mass is 227 g/mol. The summed E-state index contributed by atoms with van der Waals surface area (Å²) in [7, 11) is 0. The summed E-state index contributed by atoms with van der Waals surface area (Å²) in [5.41, 5.74) is 0.823. The van der Waals surface area contributed by atoms with E-state index in [0.717, 1.165) is 25.0 Å². The number of rotatable bonds is 5. The predicted molar refractivity (Wildman–Crippen MR) is 61.1 cm³/mol. The van der Waals surface area contributed by atoms with Gasteiger partial charge in [0.15, 0.2) is 0 Å². The lowest BCUT2D eigenvalue weighted by molar-refractivity contribution is 0.0942. The maximum Gasteiger partial charge on any atom is 0.265 e. The van der Waals surface area contributed by atoms with E-state index >= 15 is 0 Å². The molecule has 1 N–H and O–H groups in total. The Morgan fingerprint density at radius 2 is 2.27 bits per heavy atom. The zero-order valence-electron chi connectivity index (χ0n) is 9.41. The predicted octanol–water partition coefficient (Wildman–Crippen LogP) is 2.02. The van der Waals surface area contributed by atoms with Crippen LogP contribution in [0.1, 0.15) is 49.0 Å². The van der Waals surface area contributed by atoms with Gasteiger partial charge >= 0.3 is 0 Å². The van der Waals surface area contributed by atoms with Crippen LogP contribution in [0.3, 0.4) is 0 Å². The fraction of sp³-hybridized carbons (Fsp3) is 0.700. The number of aromatic nitrogens is 2. The lowest BCUT2D eigenvalue weighted by Gasteiger charge is -2.10. The molecule has 1 atom stereocenters. The van der Waals surface area contributed by atoms with Crippen LogP contribution in [0.5, 0.6) is 0 Å². The second-order valence-corrected chi connectivity index (χ2v) is 4.34. The molecule has 1 unspecified atom stereocenters.